The van der Waals surface area contributed by atoms with Crippen molar-refractivity contribution >= 4 is 60.6 Å². The van der Waals surface area contributed by atoms with E-state index in [0.29, 0.717) is 16.8 Å². The van der Waals surface area contributed by atoms with E-state index in [1.54, 1.807) is 0 Å². The number of anilines is 1. The molecule has 0 aliphatic carbocycles. The number of nitrogens with two attached hydrogens (primary N) is 2. The lowest BCUT2D eigenvalue weighted by Crippen LogP contribution is -2.19. The Kier molecular flexibility index (Phi) is 6.19. The molecule has 0 spiro atoms. The van der Waals surface area contributed by atoms with Gasteiger partial charge in [-0.25, -0.2) is 8.89 Å². The van der Waals surface area contributed by atoms with Crippen LogP contribution in [0.2, 0.25) is 10.0 Å². The lowest BCUT2D eigenvalue weighted by molar-refractivity contribution is -0.137. The summed E-state index contributed by atoms with van der Waals surface area (Å²) in [5, 5.41) is 7.23. The minimum atomic E-state index is -5.21. The van der Waals surface area contributed by atoms with Gasteiger partial charge in [-0.15, -0.1) is 0 Å². The highest BCUT2D eigenvalue weighted by Gasteiger charge is 2.43. The zero-order valence-corrected chi connectivity index (χ0v) is 16.3. The fraction of sp³-hybridized carbons (Fsp3) is 0.182. The Morgan fingerprint density at radius 2 is 1.59 bits per heavy atom. The molecule has 0 aliphatic rings. The Balaban J connectivity index is 2.79. The zero-order valence-electron chi connectivity index (χ0n) is 12.4. The Labute approximate surface area is 166 Å². The average molecular weight is 491 g/mol. The van der Waals surface area contributed by atoms with Gasteiger partial charge in [-0.05, 0) is 33.0 Å². The number of halogens is 8. The van der Waals surface area contributed by atoms with Gasteiger partial charge >= 0.3 is 11.7 Å². The summed E-state index contributed by atoms with van der Waals surface area (Å²) in [7, 11) is -5.47. The lowest BCUT2D eigenvalue weighted by atomic mass is 10.2. The highest BCUT2D eigenvalue weighted by atomic mass is 35.5. The molecule has 1 aromatic carbocycles. The largest absolute Gasteiger partial charge is 0.476 e. The number of alkyl halides is 6. The minimum Gasteiger partial charge on any atom is -0.383 e. The van der Waals surface area contributed by atoms with Crippen molar-refractivity contribution in [2.45, 2.75) is 21.6 Å². The van der Waals surface area contributed by atoms with Crippen LogP contribution in [0.5, 0.6) is 0 Å². The molecule has 0 saturated heterocycles. The molecule has 2 atom stereocenters. The number of hydrogen-bond acceptors (Lipinski definition) is 4. The Morgan fingerprint density at radius 3 is 1.96 bits per heavy atom. The number of nitrogen functional groups attached to an aromatic ring is 1. The third-order valence-corrected chi connectivity index (χ3v) is 6.03. The van der Waals surface area contributed by atoms with Crippen LogP contribution in [0.1, 0.15) is 5.56 Å². The normalized spacial score (nSPS) is 15.0. The van der Waals surface area contributed by atoms with Crippen LogP contribution in [0.4, 0.5) is 32.2 Å². The van der Waals surface area contributed by atoms with E-state index in [1.165, 1.54) is 0 Å². The van der Waals surface area contributed by atoms with Gasteiger partial charge in [-0.3, -0.25) is 5.14 Å². The molecular weight excluding hydrogens is 485 g/mol. The molecule has 2 aromatic rings. The van der Waals surface area contributed by atoms with Crippen LogP contribution in [0.3, 0.4) is 0 Å². The van der Waals surface area contributed by atoms with E-state index in [4.69, 9.17) is 45.3 Å². The van der Waals surface area contributed by atoms with Crippen LogP contribution in [0, 0.1) is 0 Å². The van der Waals surface area contributed by atoms with Gasteiger partial charge in [0.25, 0.3) is 0 Å². The van der Waals surface area contributed by atoms with E-state index >= 15 is 0 Å². The molecule has 0 saturated carbocycles. The SMILES string of the molecule is Nc1c(S(=O)C(F)(F)F)c(S(N)=S)nn1-c1c(Cl)cc(C(F)(F)F)cc1Cl. The van der Waals surface area contributed by atoms with E-state index in [-0.39, 0.29) is 0 Å². The summed E-state index contributed by atoms with van der Waals surface area (Å²) in [4.78, 5) is -1.00. The average Bonchev–Trinajstić information content (AvgIpc) is 2.81. The second-order valence-electron chi connectivity index (χ2n) is 4.73. The van der Waals surface area contributed by atoms with Crippen molar-refractivity contribution in [1.29, 1.82) is 0 Å². The zero-order chi connectivity index (χ0) is 20.9. The van der Waals surface area contributed by atoms with Crippen molar-refractivity contribution in [2.24, 2.45) is 5.14 Å². The second-order valence-corrected chi connectivity index (χ2v) is 9.01. The van der Waals surface area contributed by atoms with Gasteiger partial charge in [0.15, 0.2) is 15.8 Å². The first kappa shape index (κ1) is 22.4. The molecule has 27 heavy (non-hydrogen) atoms. The van der Waals surface area contributed by atoms with Gasteiger partial charge in [-0.2, -0.15) is 31.4 Å². The van der Waals surface area contributed by atoms with Crippen molar-refractivity contribution in [3.05, 3.63) is 27.7 Å². The number of hydrogen-bond donors (Lipinski definition) is 2. The first-order valence-electron chi connectivity index (χ1n) is 6.26. The van der Waals surface area contributed by atoms with E-state index in [2.05, 4.69) is 5.10 Å². The fourth-order valence-electron chi connectivity index (χ4n) is 1.92. The molecule has 2 rings (SSSR count). The van der Waals surface area contributed by atoms with Crippen LogP contribution in [0.25, 0.3) is 5.69 Å². The molecule has 0 amide bonds. The Hall–Kier alpha value is -0.930. The van der Waals surface area contributed by atoms with Gasteiger partial charge < -0.3 is 5.73 Å². The summed E-state index contributed by atoms with van der Waals surface area (Å²) in [6, 6.07) is 0.972. The van der Waals surface area contributed by atoms with Gasteiger partial charge in [0, 0.05) is 0 Å². The van der Waals surface area contributed by atoms with Crippen molar-refractivity contribution < 1.29 is 30.6 Å². The monoisotopic (exact) mass is 490 g/mol. The van der Waals surface area contributed by atoms with E-state index < -0.39 is 69.2 Å². The maximum Gasteiger partial charge on any atom is 0.476 e. The number of nitrogens with zero attached hydrogens (tertiary/aromatic N) is 2. The van der Waals surface area contributed by atoms with Crippen molar-refractivity contribution in [3.8, 4) is 5.69 Å². The van der Waals surface area contributed by atoms with Crippen LogP contribution >= 0.6 is 23.2 Å². The summed E-state index contributed by atoms with van der Waals surface area (Å²) < 4.78 is 89.3. The first-order valence-corrected chi connectivity index (χ1v) is 10.4. The summed E-state index contributed by atoms with van der Waals surface area (Å²) in [6.45, 7) is 0. The maximum atomic E-state index is 12.9. The van der Waals surface area contributed by atoms with Crippen molar-refractivity contribution in [2.75, 3.05) is 5.73 Å². The molecule has 16 heteroatoms. The third-order valence-electron chi connectivity index (χ3n) is 2.99. The van der Waals surface area contributed by atoms with E-state index in [0.717, 1.165) is 0 Å². The molecule has 5 nitrogen and oxygen atoms in total. The van der Waals surface area contributed by atoms with E-state index in [1.807, 2.05) is 0 Å². The summed E-state index contributed by atoms with van der Waals surface area (Å²) >= 11 is 16.3. The topological polar surface area (TPSA) is 86.9 Å². The molecule has 1 heterocycles. The molecule has 4 N–H and O–H groups in total. The van der Waals surface area contributed by atoms with Crippen LogP contribution in [0.15, 0.2) is 22.1 Å². The van der Waals surface area contributed by atoms with Crippen molar-refractivity contribution in [3.63, 3.8) is 0 Å². The van der Waals surface area contributed by atoms with Gasteiger partial charge in [0.05, 0.1) is 15.6 Å². The van der Waals surface area contributed by atoms with Gasteiger partial charge in [-0.1, -0.05) is 23.2 Å². The predicted molar refractivity (Wildman–Crippen MR) is 92.6 cm³/mol. The molecule has 0 fully saturated rings. The minimum absolute atomic E-state index is 0.448. The molecule has 150 valence electrons. The second kappa shape index (κ2) is 7.48. The fourth-order valence-corrected chi connectivity index (χ4v) is 4.73. The third kappa shape index (κ3) is 4.40. The Morgan fingerprint density at radius 1 is 1.11 bits per heavy atom. The number of rotatable bonds is 3. The molecule has 2 unspecified atom stereocenters. The predicted octanol–water partition coefficient (Wildman–Crippen LogP) is 3.72. The highest BCUT2D eigenvalue weighted by molar-refractivity contribution is 8.27. The quantitative estimate of drug-likeness (QED) is 0.640. The molecular formula is C11H6Cl2F6N4OS3. The van der Waals surface area contributed by atoms with Crippen LogP contribution < -0.4 is 10.9 Å². The van der Waals surface area contributed by atoms with Crippen molar-refractivity contribution in [1.82, 2.24) is 9.78 Å². The first-order chi connectivity index (χ1) is 12.2. The molecule has 0 radical (unpaired) electrons. The summed E-state index contributed by atoms with van der Waals surface area (Å²) in [5.74, 6) is -0.822. The summed E-state index contributed by atoms with van der Waals surface area (Å²) in [5.41, 5.74) is -1.25. The number of benzene rings is 1. The molecule has 0 bridgehead atoms. The van der Waals surface area contributed by atoms with Crippen LogP contribution in [-0.2, 0) is 37.8 Å². The van der Waals surface area contributed by atoms with Crippen LogP contribution in [-0.4, -0.2) is 19.5 Å². The molecule has 0 aliphatic heterocycles. The summed E-state index contributed by atoms with van der Waals surface area (Å²) in [6.07, 6.45) is -4.78. The Bertz CT molecular complexity index is 936. The van der Waals surface area contributed by atoms with Gasteiger partial charge in [0.1, 0.15) is 16.4 Å². The highest BCUT2D eigenvalue weighted by Crippen LogP contribution is 2.40. The lowest BCUT2D eigenvalue weighted by Gasteiger charge is -2.13. The van der Waals surface area contributed by atoms with E-state index in [9.17, 15) is 30.6 Å². The number of aromatic nitrogens is 2. The van der Waals surface area contributed by atoms with Gasteiger partial charge in [0.2, 0.25) is 0 Å². The molecule has 1 aromatic heterocycles. The smallest absolute Gasteiger partial charge is 0.383 e. The maximum absolute atomic E-state index is 12.9. The standard InChI is InChI=1S/C11H6Cl2F6N4OS3/c12-4-1-3(10(14,15)16)2-5(13)6(4)23-8(20)7(9(22-23)27(21)25)26(24)11(17,18)19/h1-2H,20-21H2.